The minimum absolute atomic E-state index is 0.405. The lowest BCUT2D eigenvalue weighted by Crippen LogP contribution is -2.23. The van der Waals surface area contributed by atoms with Crippen LogP contribution >= 0.6 is 11.6 Å². The third kappa shape index (κ3) is 3.38. The predicted octanol–water partition coefficient (Wildman–Crippen LogP) is 2.83. The zero-order valence-electron chi connectivity index (χ0n) is 8.46. The number of hydrogen-bond acceptors (Lipinski definition) is 1. The third-order valence-electron chi connectivity index (χ3n) is 2.12. The number of rotatable bonds is 3. The van der Waals surface area contributed by atoms with Crippen LogP contribution in [0.2, 0.25) is 0 Å². The Morgan fingerprint density at radius 3 is 2.79 bits per heavy atom. The molecular weight excluding hydrogens is 198 g/mol. The first kappa shape index (κ1) is 11.1. The summed E-state index contributed by atoms with van der Waals surface area (Å²) in [5, 5.41) is -0.405. The maximum Gasteiger partial charge on any atom is 0.316 e. The van der Waals surface area contributed by atoms with Crippen LogP contribution in [0.5, 0.6) is 0 Å². The highest BCUT2D eigenvalue weighted by atomic mass is 35.5. The fraction of sp³-hybridized carbons (Fsp3) is 0.364. The van der Waals surface area contributed by atoms with Gasteiger partial charge in [0.15, 0.2) is 0 Å². The van der Waals surface area contributed by atoms with E-state index in [1.165, 1.54) is 16.0 Å². The molecule has 2 nitrogen and oxygen atoms in total. The summed E-state index contributed by atoms with van der Waals surface area (Å²) in [7, 11) is 1.70. The van der Waals surface area contributed by atoms with E-state index in [9.17, 15) is 4.79 Å². The molecule has 3 heteroatoms. The highest BCUT2D eigenvalue weighted by Gasteiger charge is 2.03. The van der Waals surface area contributed by atoms with Crippen molar-refractivity contribution in [3.05, 3.63) is 35.4 Å². The van der Waals surface area contributed by atoms with E-state index in [-0.39, 0.29) is 0 Å². The van der Waals surface area contributed by atoms with Gasteiger partial charge >= 0.3 is 5.37 Å². The van der Waals surface area contributed by atoms with Gasteiger partial charge in [-0.15, -0.1) is 0 Å². The van der Waals surface area contributed by atoms with Crippen LogP contribution in [0.25, 0.3) is 0 Å². The summed E-state index contributed by atoms with van der Waals surface area (Å²) in [6.45, 7) is 2.71. The Balaban J connectivity index is 2.49. The van der Waals surface area contributed by atoms with Gasteiger partial charge < -0.3 is 4.90 Å². The Kier molecular flexibility index (Phi) is 3.96. The molecule has 0 N–H and O–H groups in total. The van der Waals surface area contributed by atoms with Gasteiger partial charge in [0.25, 0.3) is 0 Å². The summed E-state index contributed by atoms with van der Waals surface area (Å²) in [6, 6.07) is 8.25. The summed E-state index contributed by atoms with van der Waals surface area (Å²) in [4.78, 5) is 12.2. The third-order valence-corrected chi connectivity index (χ3v) is 2.41. The molecule has 0 radical (unpaired) electrons. The predicted molar refractivity (Wildman–Crippen MR) is 58.8 cm³/mol. The summed E-state index contributed by atoms with van der Waals surface area (Å²) >= 11 is 5.31. The molecule has 1 rings (SSSR count). The van der Waals surface area contributed by atoms with E-state index in [2.05, 4.69) is 25.1 Å². The maximum atomic E-state index is 10.7. The van der Waals surface area contributed by atoms with Crippen molar-refractivity contribution < 1.29 is 4.79 Å². The first-order valence-corrected chi connectivity index (χ1v) is 4.93. The number of amides is 1. The molecule has 0 saturated carbocycles. The van der Waals surface area contributed by atoms with Crippen molar-refractivity contribution in [2.45, 2.75) is 13.3 Å². The average Bonchev–Trinajstić information content (AvgIpc) is 2.14. The van der Waals surface area contributed by atoms with Crippen molar-refractivity contribution in [2.24, 2.45) is 0 Å². The van der Waals surface area contributed by atoms with Gasteiger partial charge in [-0.25, -0.2) is 0 Å². The molecule has 0 fully saturated rings. The molecule has 0 spiro atoms. The van der Waals surface area contributed by atoms with E-state index < -0.39 is 5.37 Å². The number of nitrogens with zero attached hydrogens (tertiary/aromatic N) is 1. The molecule has 1 amide bonds. The van der Waals surface area contributed by atoms with Crippen LogP contribution in [-0.4, -0.2) is 23.9 Å². The molecule has 0 aliphatic rings. The molecule has 0 bridgehead atoms. The molecule has 0 aliphatic carbocycles. The largest absolute Gasteiger partial charge is 0.332 e. The second-order valence-electron chi connectivity index (χ2n) is 3.41. The number of likely N-dealkylation sites (N-methyl/N-ethyl adjacent to an activating group) is 1. The van der Waals surface area contributed by atoms with Crippen LogP contribution in [0.15, 0.2) is 24.3 Å². The van der Waals surface area contributed by atoms with Crippen molar-refractivity contribution >= 4 is 17.0 Å². The van der Waals surface area contributed by atoms with Crippen molar-refractivity contribution in [3.63, 3.8) is 0 Å². The summed E-state index contributed by atoms with van der Waals surface area (Å²) < 4.78 is 0. The monoisotopic (exact) mass is 211 g/mol. The lowest BCUT2D eigenvalue weighted by atomic mass is 10.1. The minimum Gasteiger partial charge on any atom is -0.332 e. The molecule has 1 aromatic rings. The molecule has 76 valence electrons. The molecule has 1 aromatic carbocycles. The Hall–Kier alpha value is -1.02. The highest BCUT2D eigenvalue weighted by molar-refractivity contribution is 6.62. The fourth-order valence-corrected chi connectivity index (χ4v) is 1.34. The van der Waals surface area contributed by atoms with Gasteiger partial charge in [-0.05, 0) is 30.5 Å². The maximum absolute atomic E-state index is 10.7. The molecule has 0 aliphatic heterocycles. The van der Waals surface area contributed by atoms with E-state index in [4.69, 9.17) is 11.6 Å². The topological polar surface area (TPSA) is 20.3 Å². The second-order valence-corrected chi connectivity index (χ2v) is 3.74. The first-order chi connectivity index (χ1) is 6.59. The van der Waals surface area contributed by atoms with Crippen LogP contribution in [0.3, 0.4) is 0 Å². The van der Waals surface area contributed by atoms with Crippen molar-refractivity contribution in [1.29, 1.82) is 0 Å². The van der Waals surface area contributed by atoms with Crippen molar-refractivity contribution in [1.82, 2.24) is 4.90 Å². The number of aryl methyl sites for hydroxylation is 1. The number of hydrogen-bond donors (Lipinski definition) is 0. The Morgan fingerprint density at radius 2 is 2.21 bits per heavy atom. The first-order valence-electron chi connectivity index (χ1n) is 4.56. The molecule has 0 unspecified atom stereocenters. The van der Waals surface area contributed by atoms with Gasteiger partial charge in [-0.3, -0.25) is 4.79 Å². The number of carbonyl (C=O) groups excluding carboxylic acids is 1. The lowest BCUT2D eigenvalue weighted by Gasteiger charge is -2.12. The van der Waals surface area contributed by atoms with Gasteiger partial charge in [0.2, 0.25) is 0 Å². The SMILES string of the molecule is Cc1cccc(CCN(C)C(=O)Cl)c1. The summed E-state index contributed by atoms with van der Waals surface area (Å²) in [5.41, 5.74) is 2.47. The molecule has 0 heterocycles. The van der Waals surface area contributed by atoms with Crippen LogP contribution in [-0.2, 0) is 6.42 Å². The minimum atomic E-state index is -0.405. The summed E-state index contributed by atoms with van der Waals surface area (Å²) in [5.74, 6) is 0. The van der Waals surface area contributed by atoms with Crippen LogP contribution in [0, 0.1) is 6.92 Å². The Labute approximate surface area is 89.5 Å². The smallest absolute Gasteiger partial charge is 0.316 e. The normalized spacial score (nSPS) is 9.93. The molecule has 14 heavy (non-hydrogen) atoms. The zero-order chi connectivity index (χ0) is 10.6. The van der Waals surface area contributed by atoms with E-state index in [0.717, 1.165) is 6.42 Å². The summed E-state index contributed by atoms with van der Waals surface area (Å²) in [6.07, 6.45) is 0.844. The van der Waals surface area contributed by atoms with Gasteiger partial charge in [-0.2, -0.15) is 0 Å². The fourth-order valence-electron chi connectivity index (χ4n) is 1.25. The molecule has 0 atom stereocenters. The van der Waals surface area contributed by atoms with Crippen LogP contribution in [0.1, 0.15) is 11.1 Å². The molecule has 0 aromatic heterocycles. The van der Waals surface area contributed by atoms with Gasteiger partial charge in [0.1, 0.15) is 0 Å². The highest BCUT2D eigenvalue weighted by Crippen LogP contribution is 2.05. The van der Waals surface area contributed by atoms with E-state index in [0.29, 0.717) is 6.54 Å². The van der Waals surface area contributed by atoms with Gasteiger partial charge in [0.05, 0.1) is 0 Å². The van der Waals surface area contributed by atoms with Crippen molar-refractivity contribution in [2.75, 3.05) is 13.6 Å². The average molecular weight is 212 g/mol. The second kappa shape index (κ2) is 5.01. The van der Waals surface area contributed by atoms with E-state index >= 15 is 0 Å². The quantitative estimate of drug-likeness (QED) is 0.556. The number of halogens is 1. The standard InChI is InChI=1S/C11H14ClNO/c1-9-4-3-5-10(8-9)6-7-13(2)11(12)14/h3-5,8H,6-7H2,1-2H3. The molecule has 0 saturated heterocycles. The Bertz CT molecular complexity index is 325. The van der Waals surface area contributed by atoms with Crippen LogP contribution in [0.4, 0.5) is 4.79 Å². The van der Waals surface area contributed by atoms with Crippen molar-refractivity contribution in [3.8, 4) is 0 Å². The Morgan fingerprint density at radius 1 is 1.50 bits per heavy atom. The number of benzene rings is 1. The zero-order valence-corrected chi connectivity index (χ0v) is 9.21. The van der Waals surface area contributed by atoms with Gasteiger partial charge in [-0.1, -0.05) is 29.8 Å². The number of carbonyl (C=O) groups is 1. The van der Waals surface area contributed by atoms with E-state index in [1.807, 2.05) is 6.07 Å². The lowest BCUT2D eigenvalue weighted by molar-refractivity contribution is 0.232. The van der Waals surface area contributed by atoms with Gasteiger partial charge in [0, 0.05) is 13.6 Å². The van der Waals surface area contributed by atoms with Crippen LogP contribution < -0.4 is 0 Å². The molecular formula is C11H14ClNO. The van der Waals surface area contributed by atoms with E-state index in [1.54, 1.807) is 7.05 Å².